The van der Waals surface area contributed by atoms with Crippen molar-refractivity contribution in [1.29, 1.82) is 0 Å². The van der Waals surface area contributed by atoms with E-state index in [1.54, 1.807) is 0 Å². The number of nitrogens with one attached hydrogen (secondary N) is 2. The van der Waals surface area contributed by atoms with Crippen molar-refractivity contribution < 1.29 is 9.53 Å². The second-order valence-corrected chi connectivity index (χ2v) is 14.6. The molecule has 1 saturated carbocycles. The first kappa shape index (κ1) is 32.2. The highest BCUT2D eigenvalue weighted by Crippen LogP contribution is 2.49. The monoisotopic (exact) mass is 626 g/mol. The molecule has 2 atom stereocenters. The molecule has 2 N–H and O–H groups in total. The fourth-order valence-electron chi connectivity index (χ4n) is 7.88. The van der Waals surface area contributed by atoms with Crippen molar-refractivity contribution >= 4 is 5.97 Å². The number of hydrazine groups is 1. The van der Waals surface area contributed by atoms with Crippen molar-refractivity contribution in [1.82, 2.24) is 20.3 Å². The Morgan fingerprint density at radius 2 is 1.78 bits per heavy atom. The van der Waals surface area contributed by atoms with Gasteiger partial charge in [-0.2, -0.15) is 5.43 Å². The van der Waals surface area contributed by atoms with Gasteiger partial charge in [0.05, 0.1) is 11.5 Å². The lowest BCUT2D eigenvalue weighted by atomic mass is 9.67. The molecule has 1 aromatic heterocycles. The van der Waals surface area contributed by atoms with Gasteiger partial charge in [0.15, 0.2) is 5.66 Å². The molecule has 0 bridgehead atoms. The summed E-state index contributed by atoms with van der Waals surface area (Å²) in [4.78, 5) is 28.6. The van der Waals surface area contributed by atoms with Gasteiger partial charge in [0, 0.05) is 29.8 Å². The Labute approximate surface area is 272 Å². The first-order chi connectivity index (χ1) is 22.1. The lowest BCUT2D eigenvalue weighted by Crippen LogP contribution is -2.49. The molecule has 9 heteroatoms. The number of hydrogen-bond acceptors (Lipinski definition) is 7. The summed E-state index contributed by atoms with van der Waals surface area (Å²) in [5.41, 5.74) is 10.4. The van der Waals surface area contributed by atoms with Crippen LogP contribution in [0.3, 0.4) is 0 Å². The molecule has 1 aliphatic carbocycles. The minimum Gasteiger partial charge on any atom is -0.459 e. The van der Waals surface area contributed by atoms with Gasteiger partial charge in [-0.15, -0.1) is 5.11 Å². The van der Waals surface area contributed by atoms with E-state index in [0.29, 0.717) is 6.42 Å². The quantitative estimate of drug-likeness (QED) is 0.239. The number of fused-ring (bicyclic) bond motifs is 1. The predicted octanol–water partition coefficient (Wildman–Crippen LogP) is 7.53. The van der Waals surface area contributed by atoms with E-state index in [-0.39, 0.29) is 17.6 Å². The van der Waals surface area contributed by atoms with Crippen molar-refractivity contribution in [3.63, 3.8) is 0 Å². The van der Waals surface area contributed by atoms with Gasteiger partial charge in [-0.3, -0.25) is 14.3 Å². The average molecular weight is 627 g/mol. The van der Waals surface area contributed by atoms with Crippen LogP contribution < -0.4 is 16.5 Å². The normalized spacial score (nSPS) is 22.3. The van der Waals surface area contributed by atoms with Crippen LogP contribution in [0.1, 0.15) is 121 Å². The molecule has 46 heavy (non-hydrogen) atoms. The molecule has 0 saturated heterocycles. The third-order valence-corrected chi connectivity index (χ3v) is 10.2. The number of rotatable bonds is 9. The third kappa shape index (κ3) is 6.06. The van der Waals surface area contributed by atoms with Gasteiger partial charge < -0.3 is 4.74 Å². The van der Waals surface area contributed by atoms with Gasteiger partial charge in [0.1, 0.15) is 5.60 Å². The largest absolute Gasteiger partial charge is 0.459 e. The van der Waals surface area contributed by atoms with Crippen molar-refractivity contribution in [2.24, 2.45) is 15.8 Å². The molecule has 2 aromatic carbocycles. The second kappa shape index (κ2) is 12.8. The minimum atomic E-state index is -0.667. The van der Waals surface area contributed by atoms with Crippen molar-refractivity contribution in [3.8, 4) is 11.1 Å². The summed E-state index contributed by atoms with van der Waals surface area (Å²) in [7, 11) is 0. The summed E-state index contributed by atoms with van der Waals surface area (Å²) in [6.07, 6.45) is 9.94. The number of benzene rings is 2. The van der Waals surface area contributed by atoms with E-state index >= 15 is 0 Å². The SMILES string of the molecule is CCCCc1c(Cc2ccc(-c3ccccc3C3(C)N=NNN3)cc2)c(=O)n2n1CCCC2C1(C(=O)OC(C)(C)C)CCCCC1. The summed E-state index contributed by atoms with van der Waals surface area (Å²) in [5.74, 6) is -0.127. The molecule has 2 unspecified atom stereocenters. The summed E-state index contributed by atoms with van der Waals surface area (Å²) in [6.45, 7) is 10.8. The van der Waals surface area contributed by atoms with E-state index < -0.39 is 16.7 Å². The molecule has 0 spiro atoms. The van der Waals surface area contributed by atoms with Crippen molar-refractivity contribution in [2.45, 2.75) is 129 Å². The molecule has 2 aliphatic heterocycles. The summed E-state index contributed by atoms with van der Waals surface area (Å²) in [6, 6.07) is 16.6. The highest BCUT2D eigenvalue weighted by molar-refractivity contribution is 5.78. The van der Waals surface area contributed by atoms with Crippen LogP contribution >= 0.6 is 0 Å². The fraction of sp³-hybridized carbons (Fsp3) is 0.568. The molecule has 3 aromatic rings. The Kier molecular flexibility index (Phi) is 8.98. The van der Waals surface area contributed by atoms with Crippen molar-refractivity contribution in [2.75, 3.05) is 0 Å². The van der Waals surface area contributed by atoms with Crippen LogP contribution in [0.4, 0.5) is 0 Å². The first-order valence-electron chi connectivity index (χ1n) is 17.3. The fourth-order valence-corrected chi connectivity index (χ4v) is 7.88. The zero-order valence-electron chi connectivity index (χ0n) is 28.2. The van der Waals surface area contributed by atoms with Crippen LogP contribution in [0.2, 0.25) is 0 Å². The number of unbranched alkanes of at least 4 members (excludes halogenated alkanes) is 1. The standard InChI is InChI=1S/C37H50N6O3/c1-6-7-16-31-29(25-26-18-20-27(21-19-26)28-14-9-10-15-30(28)36(5)38-40-41-39-36)33(44)43-32(17-13-24-42(31)43)37(22-11-8-12-23-37)34(45)46-35(2,3)4/h9-10,14-15,18-21,32H,6-8,11-13,16-17,22-25H2,1-5H3,(H,38,41)(H,39,40). The van der Waals surface area contributed by atoms with Crippen LogP contribution in [0.25, 0.3) is 11.1 Å². The van der Waals surface area contributed by atoms with Gasteiger partial charge in [-0.25, -0.2) is 10.2 Å². The Morgan fingerprint density at radius 3 is 2.46 bits per heavy atom. The zero-order valence-corrected chi connectivity index (χ0v) is 28.2. The molecular weight excluding hydrogens is 576 g/mol. The maximum Gasteiger partial charge on any atom is 0.314 e. The first-order valence-corrected chi connectivity index (χ1v) is 17.3. The Balaban J connectivity index is 1.36. The number of carbonyl (C=O) groups excluding carboxylic acids is 1. The van der Waals surface area contributed by atoms with Crippen LogP contribution in [-0.4, -0.2) is 20.9 Å². The highest BCUT2D eigenvalue weighted by Gasteiger charge is 2.51. The van der Waals surface area contributed by atoms with E-state index in [0.717, 1.165) is 104 Å². The number of ether oxygens (including phenoxy) is 1. The molecule has 3 heterocycles. The molecule has 0 amide bonds. The van der Waals surface area contributed by atoms with Crippen LogP contribution in [-0.2, 0) is 34.6 Å². The van der Waals surface area contributed by atoms with Gasteiger partial charge >= 0.3 is 5.97 Å². The lowest BCUT2D eigenvalue weighted by Gasteiger charge is -2.45. The second-order valence-electron chi connectivity index (χ2n) is 14.6. The lowest BCUT2D eigenvalue weighted by molar-refractivity contribution is -0.175. The average Bonchev–Trinajstić information content (AvgIpc) is 3.61. The van der Waals surface area contributed by atoms with Crippen molar-refractivity contribution in [3.05, 3.63) is 81.3 Å². The Morgan fingerprint density at radius 1 is 1.04 bits per heavy atom. The summed E-state index contributed by atoms with van der Waals surface area (Å²) < 4.78 is 10.4. The number of hydrogen-bond donors (Lipinski definition) is 2. The van der Waals surface area contributed by atoms with Crippen LogP contribution in [0.5, 0.6) is 0 Å². The number of carbonyl (C=O) groups is 1. The van der Waals surface area contributed by atoms with Gasteiger partial charge in [0.25, 0.3) is 5.56 Å². The van der Waals surface area contributed by atoms with Gasteiger partial charge in [-0.05, 0) is 82.9 Å². The van der Waals surface area contributed by atoms with Gasteiger partial charge in [-0.1, -0.05) is 86.4 Å². The van der Waals surface area contributed by atoms with E-state index in [9.17, 15) is 9.59 Å². The number of nitrogens with zero attached hydrogens (tertiary/aromatic N) is 4. The zero-order chi connectivity index (χ0) is 32.5. The molecule has 0 radical (unpaired) electrons. The van der Waals surface area contributed by atoms with Crippen LogP contribution in [0, 0.1) is 5.41 Å². The van der Waals surface area contributed by atoms with E-state index in [4.69, 9.17) is 4.74 Å². The van der Waals surface area contributed by atoms with Crippen LogP contribution in [0.15, 0.2) is 63.7 Å². The topological polar surface area (TPSA) is 102 Å². The molecular formula is C37H50N6O3. The number of aromatic nitrogens is 2. The molecule has 3 aliphatic rings. The van der Waals surface area contributed by atoms with E-state index in [2.05, 4.69) is 69.3 Å². The maximum atomic E-state index is 14.6. The predicted molar refractivity (Wildman–Crippen MR) is 180 cm³/mol. The Hall–Kier alpha value is -3.72. The highest BCUT2D eigenvalue weighted by atomic mass is 16.6. The molecule has 1 fully saturated rings. The molecule has 246 valence electrons. The number of esters is 1. The molecule has 6 rings (SSSR count). The third-order valence-electron chi connectivity index (χ3n) is 10.2. The maximum absolute atomic E-state index is 14.6. The summed E-state index contributed by atoms with van der Waals surface area (Å²) in [5, 5.41) is 8.32. The minimum absolute atomic E-state index is 0.0665. The Bertz CT molecular complexity index is 1640. The van der Waals surface area contributed by atoms with E-state index in [1.807, 2.05) is 44.5 Å². The van der Waals surface area contributed by atoms with Gasteiger partial charge in [0.2, 0.25) is 0 Å². The smallest absolute Gasteiger partial charge is 0.314 e. The molecule has 9 nitrogen and oxygen atoms in total. The van der Waals surface area contributed by atoms with E-state index in [1.165, 1.54) is 0 Å². The summed E-state index contributed by atoms with van der Waals surface area (Å²) >= 11 is 0.